The molecule has 7 nitrogen and oxygen atoms in total. The number of unbranched alkanes of at least 4 members (excludes halogenated alkanes) is 2. The Kier molecular flexibility index (Phi) is 8.14. The molecule has 174 valence electrons. The molecule has 32 heavy (non-hydrogen) atoms. The van der Waals surface area contributed by atoms with E-state index >= 15 is 0 Å². The van der Waals surface area contributed by atoms with Gasteiger partial charge in [-0.25, -0.2) is 8.42 Å². The number of hydrogen-bond acceptors (Lipinski definition) is 5. The van der Waals surface area contributed by atoms with Crippen LogP contribution >= 0.6 is 0 Å². The van der Waals surface area contributed by atoms with E-state index in [0.29, 0.717) is 25.0 Å². The number of carbonyl (C=O) groups is 2. The van der Waals surface area contributed by atoms with Crippen LogP contribution < -0.4 is 4.74 Å². The third-order valence-corrected chi connectivity index (χ3v) is 5.81. The van der Waals surface area contributed by atoms with Crippen LogP contribution in [0.4, 0.5) is 0 Å². The molecule has 1 N–H and O–H groups in total. The highest BCUT2D eigenvalue weighted by Gasteiger charge is 2.21. The minimum Gasteiger partial charge on any atom is -0.493 e. The highest BCUT2D eigenvalue weighted by Crippen LogP contribution is 2.23. The Bertz CT molecular complexity index is 1100. The van der Waals surface area contributed by atoms with Crippen LogP contribution in [-0.4, -0.2) is 49.2 Å². The molecule has 2 aromatic rings. The number of carboxylic acids is 1. The van der Waals surface area contributed by atoms with Gasteiger partial charge in [0.25, 0.3) is 5.91 Å². The van der Waals surface area contributed by atoms with E-state index in [9.17, 15) is 18.0 Å². The van der Waals surface area contributed by atoms with Crippen molar-refractivity contribution in [2.75, 3.05) is 12.9 Å². The maximum absolute atomic E-state index is 13.3. The van der Waals surface area contributed by atoms with Crippen LogP contribution in [0.1, 0.15) is 58.2 Å². The molecule has 0 heterocycles. The summed E-state index contributed by atoms with van der Waals surface area (Å²) in [6.07, 6.45) is 2.99. The molecule has 0 spiro atoms. The summed E-state index contributed by atoms with van der Waals surface area (Å²) < 4.78 is 46.9. The SMILES string of the molecule is [2H]C([2H])(c1ccccc1OCCCCCC(=O)O)N(C(=O)c1ccc(S(C)(=O)=O)cc1)C(C)C. The van der Waals surface area contributed by atoms with Gasteiger partial charge < -0.3 is 14.7 Å². The van der Waals surface area contributed by atoms with Gasteiger partial charge in [0.2, 0.25) is 0 Å². The number of hydrogen-bond donors (Lipinski definition) is 1. The van der Waals surface area contributed by atoms with Crippen molar-refractivity contribution < 1.29 is 30.6 Å². The highest BCUT2D eigenvalue weighted by atomic mass is 32.2. The first-order valence-electron chi connectivity index (χ1n) is 11.4. The Labute approximate surface area is 192 Å². The molecule has 0 saturated carbocycles. The van der Waals surface area contributed by atoms with Crippen LogP contribution in [0.2, 0.25) is 0 Å². The number of aliphatic carboxylic acids is 1. The third-order valence-electron chi connectivity index (χ3n) is 4.69. The lowest BCUT2D eigenvalue weighted by atomic mass is 10.1. The maximum Gasteiger partial charge on any atom is 0.303 e. The van der Waals surface area contributed by atoms with E-state index in [1.807, 2.05) is 0 Å². The van der Waals surface area contributed by atoms with Crippen LogP contribution in [0.25, 0.3) is 0 Å². The van der Waals surface area contributed by atoms with Gasteiger partial charge in [-0.15, -0.1) is 0 Å². The Morgan fingerprint density at radius 2 is 1.72 bits per heavy atom. The molecule has 0 aromatic heterocycles. The molecular weight excluding hydrogens is 430 g/mol. The summed E-state index contributed by atoms with van der Waals surface area (Å²) in [5.41, 5.74) is 0.358. The molecule has 0 radical (unpaired) electrons. The van der Waals surface area contributed by atoms with Gasteiger partial charge in [0.05, 0.1) is 14.2 Å². The lowest BCUT2D eigenvalue weighted by Gasteiger charge is -2.28. The molecule has 0 bridgehead atoms. The van der Waals surface area contributed by atoms with Crippen LogP contribution in [-0.2, 0) is 21.1 Å². The van der Waals surface area contributed by atoms with E-state index in [0.717, 1.165) is 11.2 Å². The van der Waals surface area contributed by atoms with E-state index in [-0.39, 0.29) is 29.1 Å². The van der Waals surface area contributed by atoms with E-state index in [1.54, 1.807) is 38.1 Å². The Hall–Kier alpha value is -2.87. The second-order valence-electron chi connectivity index (χ2n) is 7.73. The first kappa shape index (κ1) is 22.3. The van der Waals surface area contributed by atoms with E-state index in [4.69, 9.17) is 12.6 Å². The first-order valence-corrected chi connectivity index (χ1v) is 12.3. The van der Waals surface area contributed by atoms with Crippen molar-refractivity contribution in [1.29, 1.82) is 0 Å². The molecular formula is C24H31NO6S. The first-order chi connectivity index (χ1) is 15.9. The Morgan fingerprint density at radius 3 is 2.31 bits per heavy atom. The quantitative estimate of drug-likeness (QED) is 0.474. The fraction of sp³-hybridized carbons (Fsp3) is 0.417. The van der Waals surface area contributed by atoms with Crippen LogP contribution in [0.5, 0.6) is 5.75 Å². The highest BCUT2D eigenvalue weighted by molar-refractivity contribution is 7.90. The number of benzene rings is 2. The fourth-order valence-corrected chi connectivity index (χ4v) is 3.58. The lowest BCUT2D eigenvalue weighted by Crippen LogP contribution is -2.36. The van der Waals surface area contributed by atoms with Crippen molar-refractivity contribution >= 4 is 21.7 Å². The van der Waals surface area contributed by atoms with Gasteiger partial charge in [0.15, 0.2) is 9.84 Å². The molecule has 1 amide bonds. The Balaban J connectivity index is 2.26. The average Bonchev–Trinajstić information content (AvgIpc) is 2.75. The fourth-order valence-electron chi connectivity index (χ4n) is 2.95. The number of para-hydroxylation sites is 1. The molecule has 0 fully saturated rings. The van der Waals surface area contributed by atoms with E-state index < -0.39 is 34.3 Å². The van der Waals surface area contributed by atoms with Crippen LogP contribution in [0.15, 0.2) is 53.4 Å². The zero-order valence-corrected chi connectivity index (χ0v) is 19.4. The predicted octanol–water partition coefficient (Wildman–Crippen LogP) is 4.16. The topological polar surface area (TPSA) is 101 Å². The lowest BCUT2D eigenvalue weighted by molar-refractivity contribution is -0.137. The summed E-state index contributed by atoms with van der Waals surface area (Å²) in [6, 6.07) is 11.5. The molecule has 0 aliphatic rings. The summed E-state index contributed by atoms with van der Waals surface area (Å²) in [7, 11) is -3.42. The monoisotopic (exact) mass is 463 g/mol. The van der Waals surface area contributed by atoms with Crippen molar-refractivity contribution in [3.63, 3.8) is 0 Å². The predicted molar refractivity (Wildman–Crippen MR) is 123 cm³/mol. The molecule has 2 rings (SSSR count). The molecule has 0 unspecified atom stereocenters. The second kappa shape index (κ2) is 11.7. The number of rotatable bonds is 12. The maximum atomic E-state index is 13.3. The summed E-state index contributed by atoms with van der Waals surface area (Å²) in [6.45, 7) is 1.47. The number of amides is 1. The zero-order chi connectivity index (χ0) is 25.5. The van der Waals surface area contributed by atoms with Crippen LogP contribution in [0.3, 0.4) is 0 Å². The Morgan fingerprint density at radius 1 is 1.06 bits per heavy atom. The molecule has 8 heteroatoms. The van der Waals surface area contributed by atoms with Crippen molar-refractivity contribution in [2.45, 2.75) is 57.0 Å². The smallest absolute Gasteiger partial charge is 0.303 e. The van der Waals surface area contributed by atoms with E-state index in [1.165, 1.54) is 24.3 Å². The molecule has 0 aliphatic heterocycles. The normalized spacial score (nSPS) is 12.8. The van der Waals surface area contributed by atoms with Gasteiger partial charge in [0, 0.05) is 36.3 Å². The van der Waals surface area contributed by atoms with Gasteiger partial charge in [-0.2, -0.15) is 0 Å². The zero-order valence-electron chi connectivity index (χ0n) is 20.6. The number of sulfone groups is 1. The van der Waals surface area contributed by atoms with Crippen molar-refractivity contribution in [3.8, 4) is 5.75 Å². The second-order valence-corrected chi connectivity index (χ2v) is 9.74. The van der Waals surface area contributed by atoms with Gasteiger partial charge in [-0.1, -0.05) is 18.2 Å². The summed E-state index contributed by atoms with van der Waals surface area (Å²) in [5, 5.41) is 8.72. The van der Waals surface area contributed by atoms with Crippen molar-refractivity contribution in [3.05, 3.63) is 59.7 Å². The molecule has 2 aromatic carbocycles. The minimum absolute atomic E-state index is 0.0743. The van der Waals surface area contributed by atoms with Crippen molar-refractivity contribution in [2.24, 2.45) is 0 Å². The van der Waals surface area contributed by atoms with E-state index in [2.05, 4.69) is 0 Å². The number of ether oxygens (including phenoxy) is 1. The molecule has 0 atom stereocenters. The number of carbonyl (C=O) groups excluding carboxylic acids is 1. The summed E-state index contributed by atoms with van der Waals surface area (Å²) >= 11 is 0. The number of carboxylic acid groups (broad SMARTS) is 1. The average molecular weight is 464 g/mol. The third kappa shape index (κ3) is 7.67. The molecule has 0 aliphatic carbocycles. The minimum atomic E-state index is -3.42. The summed E-state index contributed by atoms with van der Waals surface area (Å²) in [4.78, 5) is 25.1. The number of nitrogens with zero attached hydrogens (tertiary/aromatic N) is 1. The van der Waals surface area contributed by atoms with Gasteiger partial charge in [-0.3, -0.25) is 9.59 Å². The largest absolute Gasteiger partial charge is 0.493 e. The summed E-state index contributed by atoms with van der Waals surface area (Å²) in [5.74, 6) is -1.12. The van der Waals surface area contributed by atoms with Crippen molar-refractivity contribution in [1.82, 2.24) is 4.90 Å². The van der Waals surface area contributed by atoms with Gasteiger partial charge in [0.1, 0.15) is 5.75 Å². The van der Waals surface area contributed by atoms with Crippen LogP contribution in [0, 0.1) is 0 Å². The van der Waals surface area contributed by atoms with Gasteiger partial charge >= 0.3 is 5.97 Å². The molecule has 0 saturated heterocycles. The van der Waals surface area contributed by atoms with Gasteiger partial charge in [-0.05, 0) is 63.4 Å². The standard InChI is InChI=1S/C24H31NO6S/c1-18(2)25(24(28)19-12-14-21(15-13-19)32(3,29)30)17-20-9-6-7-10-22(20)31-16-8-4-5-11-23(26)27/h6-7,9-10,12-15,18H,4-5,8,11,16-17H2,1-3H3,(H,26,27)/i17D2.